The number of aromatic amines is 2. The van der Waals surface area contributed by atoms with Crippen molar-refractivity contribution in [3.8, 4) is 0 Å². The van der Waals surface area contributed by atoms with Gasteiger partial charge < -0.3 is 4.42 Å². The maximum atomic E-state index is 11.6. The van der Waals surface area contributed by atoms with E-state index >= 15 is 0 Å². The zero-order valence-corrected chi connectivity index (χ0v) is 8.91. The van der Waals surface area contributed by atoms with Crippen LogP contribution in [0.4, 0.5) is 0 Å². The first kappa shape index (κ1) is 11.1. The molecule has 2 heterocycles. The van der Waals surface area contributed by atoms with E-state index in [4.69, 9.17) is 4.42 Å². The summed E-state index contributed by atoms with van der Waals surface area (Å²) in [6, 6.07) is 1.25. The molecule has 0 unspecified atom stereocenters. The largest absolute Gasteiger partial charge is 0.405 e. The van der Waals surface area contributed by atoms with Gasteiger partial charge in [-0.1, -0.05) is 6.08 Å². The van der Waals surface area contributed by atoms with Crippen LogP contribution >= 0.6 is 0 Å². The van der Waals surface area contributed by atoms with Crippen molar-refractivity contribution in [2.45, 2.75) is 12.8 Å². The smallest absolute Gasteiger partial charge is 0.337 e. The Hall–Kier alpha value is -2.37. The third-order valence-corrected chi connectivity index (χ3v) is 2.34. The Morgan fingerprint density at radius 3 is 2.76 bits per heavy atom. The number of H-pyrrole nitrogens is 2. The van der Waals surface area contributed by atoms with Crippen molar-refractivity contribution >= 4 is 11.1 Å². The molecule has 6 nitrogen and oxygen atoms in total. The van der Waals surface area contributed by atoms with Crippen molar-refractivity contribution in [2.75, 3.05) is 0 Å². The highest BCUT2D eigenvalue weighted by atomic mass is 16.4. The molecule has 0 saturated carbocycles. The maximum Gasteiger partial charge on any atom is 0.337 e. The third-order valence-electron chi connectivity index (χ3n) is 2.34. The van der Waals surface area contributed by atoms with Crippen molar-refractivity contribution < 1.29 is 4.42 Å². The topological polar surface area (TPSA) is 95.9 Å². The van der Waals surface area contributed by atoms with E-state index < -0.39 is 16.9 Å². The van der Waals surface area contributed by atoms with E-state index in [1.807, 2.05) is 0 Å². The van der Waals surface area contributed by atoms with E-state index in [2.05, 4.69) is 16.5 Å². The average molecular weight is 234 g/mol. The molecule has 88 valence electrons. The molecule has 2 rings (SSSR count). The molecule has 17 heavy (non-hydrogen) atoms. The maximum absolute atomic E-state index is 11.6. The highest BCUT2D eigenvalue weighted by Gasteiger charge is 2.10. The highest BCUT2D eigenvalue weighted by Crippen LogP contribution is 2.10. The Labute approximate surface area is 94.6 Å². The molecule has 2 N–H and O–H groups in total. The van der Waals surface area contributed by atoms with E-state index in [0.29, 0.717) is 18.4 Å². The molecule has 2 aromatic heterocycles. The van der Waals surface area contributed by atoms with Crippen LogP contribution in [0.15, 0.2) is 37.5 Å². The van der Waals surface area contributed by atoms with E-state index in [0.717, 1.165) is 0 Å². The van der Waals surface area contributed by atoms with Crippen LogP contribution in [-0.2, 0) is 6.42 Å². The van der Waals surface area contributed by atoms with Gasteiger partial charge in [-0.2, -0.15) is 0 Å². The minimum Gasteiger partial charge on any atom is -0.405 e. The summed E-state index contributed by atoms with van der Waals surface area (Å²) in [5, 5.41) is 0.200. The molecule has 0 spiro atoms. The molecule has 0 bridgehead atoms. The lowest BCUT2D eigenvalue weighted by Crippen LogP contribution is -2.24. The molecule has 0 aromatic carbocycles. The van der Waals surface area contributed by atoms with Crippen molar-refractivity contribution in [1.29, 1.82) is 0 Å². The fourth-order valence-corrected chi connectivity index (χ4v) is 1.63. The summed E-state index contributed by atoms with van der Waals surface area (Å²) in [5.41, 5.74) is -1.42. The second-order valence-electron chi connectivity index (χ2n) is 3.53. The summed E-state index contributed by atoms with van der Waals surface area (Å²) in [6.07, 6.45) is 2.79. The Bertz CT molecular complexity index is 730. The number of hydrogen-bond acceptors (Lipinski definition) is 4. The molecule has 0 aliphatic heterocycles. The predicted octanol–water partition coefficient (Wildman–Crippen LogP) is 0.288. The lowest BCUT2D eigenvalue weighted by Gasteiger charge is -2.01. The molecule has 2 aromatic rings. The summed E-state index contributed by atoms with van der Waals surface area (Å²) in [6.45, 7) is 3.57. The van der Waals surface area contributed by atoms with Gasteiger partial charge in [0.25, 0.3) is 5.56 Å². The Balaban J connectivity index is 2.82. The van der Waals surface area contributed by atoms with Gasteiger partial charge in [-0.15, -0.1) is 6.58 Å². The zero-order valence-electron chi connectivity index (χ0n) is 8.91. The first-order valence-electron chi connectivity index (χ1n) is 5.02. The van der Waals surface area contributed by atoms with Gasteiger partial charge >= 0.3 is 11.3 Å². The van der Waals surface area contributed by atoms with Crippen LogP contribution in [0.3, 0.4) is 0 Å². The molecule has 0 aliphatic carbocycles. The van der Waals surface area contributed by atoms with E-state index in [-0.39, 0.29) is 11.1 Å². The summed E-state index contributed by atoms with van der Waals surface area (Å²) in [7, 11) is 0. The summed E-state index contributed by atoms with van der Waals surface area (Å²) in [5.74, 6) is 0. The predicted molar refractivity (Wildman–Crippen MR) is 62.2 cm³/mol. The first-order chi connectivity index (χ1) is 8.11. The zero-order chi connectivity index (χ0) is 12.4. The van der Waals surface area contributed by atoms with E-state index in [9.17, 15) is 14.4 Å². The third kappa shape index (κ3) is 2.10. The number of allylic oxidation sites excluding steroid dienone is 1. The van der Waals surface area contributed by atoms with Gasteiger partial charge in [0.2, 0.25) is 5.71 Å². The van der Waals surface area contributed by atoms with Crippen molar-refractivity contribution in [3.63, 3.8) is 0 Å². The van der Waals surface area contributed by atoms with E-state index in [1.165, 1.54) is 6.07 Å². The van der Waals surface area contributed by atoms with Crippen molar-refractivity contribution in [3.05, 3.63) is 55.5 Å². The first-order valence-corrected chi connectivity index (χ1v) is 5.02. The molecular weight excluding hydrogens is 224 g/mol. The van der Waals surface area contributed by atoms with Crippen LogP contribution in [0.5, 0.6) is 0 Å². The lowest BCUT2D eigenvalue weighted by molar-refractivity contribution is 0.544. The SMILES string of the molecule is C=CCCc1cc(=O)oc2[nH]c(=O)[nH]c(=O)c12. The number of nitrogens with one attached hydrogen (secondary N) is 2. The number of fused-ring (bicyclic) bond motifs is 1. The second-order valence-corrected chi connectivity index (χ2v) is 3.53. The lowest BCUT2D eigenvalue weighted by atomic mass is 10.1. The van der Waals surface area contributed by atoms with Crippen LogP contribution in [-0.4, -0.2) is 9.97 Å². The standard InChI is InChI=1S/C11H10N2O4/c1-2-3-4-6-5-7(14)17-10-8(6)9(15)12-11(16)13-10/h2,5H,1,3-4H2,(H2,12,13,15,16). The van der Waals surface area contributed by atoms with Crippen LogP contribution < -0.4 is 16.9 Å². The molecule has 0 fully saturated rings. The van der Waals surface area contributed by atoms with Crippen LogP contribution in [0, 0.1) is 0 Å². The average Bonchev–Trinajstić information content (AvgIpc) is 2.24. The van der Waals surface area contributed by atoms with Crippen molar-refractivity contribution in [2.24, 2.45) is 0 Å². The van der Waals surface area contributed by atoms with Crippen LogP contribution in [0.25, 0.3) is 11.1 Å². The Morgan fingerprint density at radius 2 is 2.06 bits per heavy atom. The van der Waals surface area contributed by atoms with Crippen LogP contribution in [0.2, 0.25) is 0 Å². The molecule has 0 saturated heterocycles. The number of rotatable bonds is 3. The molecule has 0 aliphatic rings. The van der Waals surface area contributed by atoms with Gasteiger partial charge in [0.05, 0.1) is 0 Å². The molecule has 0 amide bonds. The fraction of sp³-hybridized carbons (Fsp3) is 0.182. The van der Waals surface area contributed by atoms with E-state index in [1.54, 1.807) is 6.08 Å². The summed E-state index contributed by atoms with van der Waals surface area (Å²) >= 11 is 0. The number of hydrogen-bond donors (Lipinski definition) is 2. The van der Waals surface area contributed by atoms with Crippen molar-refractivity contribution in [1.82, 2.24) is 9.97 Å². The summed E-state index contributed by atoms with van der Waals surface area (Å²) in [4.78, 5) is 38.3. The number of aryl methyl sites for hydroxylation is 1. The van der Waals surface area contributed by atoms with Gasteiger partial charge in [-0.05, 0) is 18.4 Å². The van der Waals surface area contributed by atoms with Crippen LogP contribution in [0.1, 0.15) is 12.0 Å². The normalized spacial score (nSPS) is 10.6. The monoisotopic (exact) mass is 234 g/mol. The molecular formula is C11H10N2O4. The van der Waals surface area contributed by atoms with Gasteiger partial charge in [-0.25, -0.2) is 9.59 Å². The molecule has 0 atom stereocenters. The number of aromatic nitrogens is 2. The van der Waals surface area contributed by atoms with Gasteiger partial charge in [0.15, 0.2) is 0 Å². The van der Waals surface area contributed by atoms with Gasteiger partial charge in [0, 0.05) is 6.07 Å². The Morgan fingerprint density at radius 1 is 1.29 bits per heavy atom. The second kappa shape index (κ2) is 4.25. The minimum absolute atomic E-state index is 0.0923. The van der Waals surface area contributed by atoms with Gasteiger partial charge in [0.1, 0.15) is 5.39 Å². The highest BCUT2D eigenvalue weighted by molar-refractivity contribution is 5.75. The van der Waals surface area contributed by atoms with Gasteiger partial charge in [-0.3, -0.25) is 14.8 Å². The minimum atomic E-state index is -0.702. The molecule has 6 heteroatoms. The summed E-state index contributed by atoms with van der Waals surface area (Å²) < 4.78 is 4.79. The quantitative estimate of drug-likeness (QED) is 0.746. The molecule has 0 radical (unpaired) electrons. The Kier molecular flexibility index (Phi) is 2.78. The fourth-order valence-electron chi connectivity index (χ4n) is 1.63.